The molecule has 0 bridgehead atoms. The van der Waals surface area contributed by atoms with E-state index in [-0.39, 0.29) is 12.4 Å². The Morgan fingerprint density at radius 1 is 1.45 bits per heavy atom. The fourth-order valence-electron chi connectivity index (χ4n) is 1.84. The van der Waals surface area contributed by atoms with Gasteiger partial charge in [-0.25, -0.2) is 4.98 Å². The van der Waals surface area contributed by atoms with Gasteiger partial charge in [0.1, 0.15) is 0 Å². The first-order chi connectivity index (χ1) is 9.19. The van der Waals surface area contributed by atoms with Crippen LogP contribution >= 0.6 is 23.7 Å². The second kappa shape index (κ2) is 8.21. The Morgan fingerprint density at radius 2 is 2.25 bits per heavy atom. The number of methoxy groups -OCH3 is 1. The van der Waals surface area contributed by atoms with Crippen LogP contribution in [0.25, 0.3) is 0 Å². The number of aryl methyl sites for hydroxylation is 1. The lowest BCUT2D eigenvalue weighted by molar-refractivity contribution is 0.139. The van der Waals surface area contributed by atoms with E-state index in [1.54, 1.807) is 7.11 Å². The van der Waals surface area contributed by atoms with E-state index in [4.69, 9.17) is 10.5 Å². The van der Waals surface area contributed by atoms with Crippen LogP contribution in [0, 0.1) is 0 Å². The molecule has 20 heavy (non-hydrogen) atoms. The summed E-state index contributed by atoms with van der Waals surface area (Å²) < 4.78 is 7.05. The summed E-state index contributed by atoms with van der Waals surface area (Å²) in [4.78, 5) is 7.55. The van der Waals surface area contributed by atoms with Gasteiger partial charge in [0.05, 0.1) is 12.3 Å². The summed E-state index contributed by atoms with van der Waals surface area (Å²) in [6, 6.07) is 2.03. The van der Waals surface area contributed by atoms with E-state index in [0.717, 1.165) is 24.5 Å². The van der Waals surface area contributed by atoms with Gasteiger partial charge in [-0.1, -0.05) is 0 Å². The maximum atomic E-state index is 5.66. The Kier molecular flexibility index (Phi) is 6.94. The molecule has 0 aliphatic heterocycles. The number of nitrogen functional groups attached to an aromatic ring is 1. The third-order valence-electron chi connectivity index (χ3n) is 2.87. The van der Waals surface area contributed by atoms with Gasteiger partial charge in [0.2, 0.25) is 0 Å². The molecule has 8 heteroatoms. The van der Waals surface area contributed by atoms with Crippen molar-refractivity contribution in [3.63, 3.8) is 0 Å². The molecular weight excluding hydrogens is 298 g/mol. The molecule has 0 aliphatic rings. The average molecular weight is 318 g/mol. The largest absolute Gasteiger partial charge is 0.383 e. The number of hydrogen-bond acceptors (Lipinski definition) is 6. The molecule has 0 amide bonds. The van der Waals surface area contributed by atoms with Crippen LogP contribution in [0.3, 0.4) is 0 Å². The number of halogens is 1. The number of rotatable bonds is 7. The normalized spacial score (nSPS) is 10.8. The molecule has 2 N–H and O–H groups in total. The van der Waals surface area contributed by atoms with Crippen molar-refractivity contribution in [1.82, 2.24) is 19.7 Å². The van der Waals surface area contributed by atoms with Gasteiger partial charge in [0.25, 0.3) is 0 Å². The molecule has 0 atom stereocenters. The quantitative estimate of drug-likeness (QED) is 0.838. The van der Waals surface area contributed by atoms with Crippen molar-refractivity contribution in [2.75, 3.05) is 26.0 Å². The van der Waals surface area contributed by atoms with Crippen molar-refractivity contribution in [3.8, 4) is 0 Å². The van der Waals surface area contributed by atoms with E-state index in [1.807, 2.05) is 30.2 Å². The zero-order chi connectivity index (χ0) is 13.7. The van der Waals surface area contributed by atoms with Gasteiger partial charge in [-0.15, -0.1) is 23.7 Å². The number of nitrogens with zero attached hydrogens (tertiary/aromatic N) is 4. The van der Waals surface area contributed by atoms with Crippen LogP contribution in [0.5, 0.6) is 0 Å². The molecule has 0 saturated carbocycles. The predicted octanol–water partition coefficient (Wildman–Crippen LogP) is 1.53. The molecule has 0 aromatic carbocycles. The number of anilines is 1. The third kappa shape index (κ3) is 4.75. The van der Waals surface area contributed by atoms with Gasteiger partial charge < -0.3 is 10.5 Å². The number of aromatic nitrogens is 3. The lowest BCUT2D eigenvalue weighted by Gasteiger charge is -2.21. The smallest absolute Gasteiger partial charge is 0.180 e. The van der Waals surface area contributed by atoms with Gasteiger partial charge in [0.15, 0.2) is 5.13 Å². The van der Waals surface area contributed by atoms with E-state index >= 15 is 0 Å². The first-order valence-corrected chi connectivity index (χ1v) is 6.89. The molecule has 0 fully saturated rings. The molecule has 0 unspecified atom stereocenters. The lowest BCUT2D eigenvalue weighted by Crippen LogP contribution is -2.27. The Labute approximate surface area is 129 Å². The third-order valence-corrected chi connectivity index (χ3v) is 3.68. The highest BCUT2D eigenvalue weighted by atomic mass is 35.5. The standard InChI is InChI=1S/C12H19N5OS.ClH/c1-16-10(3-4-15-16)8-17(5-6-18-2)9-11-7-14-12(13)19-11;/h3-4,7H,5-6,8-9H2,1-2H3,(H2,13,14);1H. The average Bonchev–Trinajstić information content (AvgIpc) is 2.96. The van der Waals surface area contributed by atoms with Crippen LogP contribution in [0.4, 0.5) is 5.13 Å². The number of ether oxygens (including phenoxy) is 1. The van der Waals surface area contributed by atoms with E-state index in [9.17, 15) is 0 Å². The highest BCUT2D eigenvalue weighted by Crippen LogP contribution is 2.17. The molecule has 2 heterocycles. The van der Waals surface area contributed by atoms with Crippen molar-refractivity contribution >= 4 is 28.9 Å². The Morgan fingerprint density at radius 3 is 2.80 bits per heavy atom. The van der Waals surface area contributed by atoms with Crippen LogP contribution in [0.15, 0.2) is 18.5 Å². The van der Waals surface area contributed by atoms with E-state index in [0.29, 0.717) is 11.7 Å². The molecule has 2 aromatic heterocycles. The van der Waals surface area contributed by atoms with E-state index in [2.05, 4.69) is 15.0 Å². The van der Waals surface area contributed by atoms with Crippen LogP contribution in [-0.4, -0.2) is 39.9 Å². The predicted molar refractivity (Wildman–Crippen MR) is 83.0 cm³/mol. The van der Waals surface area contributed by atoms with Crippen molar-refractivity contribution in [2.45, 2.75) is 13.1 Å². The molecule has 2 aromatic rings. The minimum Gasteiger partial charge on any atom is -0.383 e. The van der Waals surface area contributed by atoms with Crippen LogP contribution in [-0.2, 0) is 24.9 Å². The summed E-state index contributed by atoms with van der Waals surface area (Å²) in [5, 5.41) is 4.80. The van der Waals surface area contributed by atoms with E-state index < -0.39 is 0 Å². The molecule has 0 spiro atoms. The molecule has 0 radical (unpaired) electrons. The molecule has 2 rings (SSSR count). The summed E-state index contributed by atoms with van der Waals surface area (Å²) in [5.41, 5.74) is 6.84. The maximum Gasteiger partial charge on any atom is 0.180 e. The minimum atomic E-state index is 0. The van der Waals surface area contributed by atoms with Crippen molar-refractivity contribution < 1.29 is 4.74 Å². The van der Waals surface area contributed by atoms with Crippen molar-refractivity contribution in [1.29, 1.82) is 0 Å². The first kappa shape index (κ1) is 16.9. The summed E-state index contributed by atoms with van der Waals surface area (Å²) in [7, 11) is 3.67. The zero-order valence-corrected chi connectivity index (χ0v) is 13.3. The second-order valence-electron chi connectivity index (χ2n) is 4.31. The monoisotopic (exact) mass is 317 g/mol. The number of thiazole rings is 1. The lowest BCUT2D eigenvalue weighted by atomic mass is 10.3. The summed E-state index contributed by atoms with van der Waals surface area (Å²) in [5.74, 6) is 0. The number of hydrogen-bond donors (Lipinski definition) is 1. The molecule has 0 saturated heterocycles. The Bertz CT molecular complexity index is 515. The van der Waals surface area contributed by atoms with Crippen molar-refractivity contribution in [2.24, 2.45) is 7.05 Å². The SMILES string of the molecule is COCCN(Cc1cnc(N)s1)Cc1ccnn1C.Cl. The fraction of sp³-hybridized carbons (Fsp3) is 0.500. The van der Waals surface area contributed by atoms with Gasteiger partial charge in [-0.2, -0.15) is 5.10 Å². The first-order valence-electron chi connectivity index (χ1n) is 6.07. The molecule has 112 valence electrons. The summed E-state index contributed by atoms with van der Waals surface area (Å²) in [6.45, 7) is 3.21. The van der Waals surface area contributed by atoms with Gasteiger partial charge in [-0.3, -0.25) is 9.58 Å². The fourth-order valence-corrected chi connectivity index (χ4v) is 2.56. The Balaban J connectivity index is 0.00000200. The van der Waals surface area contributed by atoms with Crippen LogP contribution in [0.1, 0.15) is 10.6 Å². The van der Waals surface area contributed by atoms with E-state index in [1.165, 1.54) is 17.0 Å². The zero-order valence-electron chi connectivity index (χ0n) is 11.7. The van der Waals surface area contributed by atoms with Gasteiger partial charge in [0, 0.05) is 51.1 Å². The maximum absolute atomic E-state index is 5.66. The topological polar surface area (TPSA) is 69.2 Å². The number of nitrogens with two attached hydrogens (primary N) is 1. The minimum absolute atomic E-state index is 0. The van der Waals surface area contributed by atoms with Gasteiger partial charge in [-0.05, 0) is 6.07 Å². The summed E-state index contributed by atoms with van der Waals surface area (Å²) in [6.07, 6.45) is 3.65. The van der Waals surface area contributed by atoms with Crippen LogP contribution in [0.2, 0.25) is 0 Å². The molecule has 6 nitrogen and oxygen atoms in total. The molecular formula is C12H20ClN5OS. The highest BCUT2D eigenvalue weighted by molar-refractivity contribution is 7.15. The molecule has 0 aliphatic carbocycles. The Hall–Kier alpha value is -1.15. The van der Waals surface area contributed by atoms with Gasteiger partial charge >= 0.3 is 0 Å². The highest BCUT2D eigenvalue weighted by Gasteiger charge is 2.11. The summed E-state index contributed by atoms with van der Waals surface area (Å²) >= 11 is 1.53. The second-order valence-corrected chi connectivity index (χ2v) is 5.46. The van der Waals surface area contributed by atoms with Crippen LogP contribution < -0.4 is 5.73 Å². The van der Waals surface area contributed by atoms with Crippen molar-refractivity contribution in [3.05, 3.63) is 29.0 Å².